The Balaban J connectivity index is 1.72. The van der Waals surface area contributed by atoms with Gasteiger partial charge in [0.2, 0.25) is 5.95 Å². The van der Waals surface area contributed by atoms with Gasteiger partial charge in [0.1, 0.15) is 5.82 Å². The van der Waals surface area contributed by atoms with E-state index in [0.717, 1.165) is 55.1 Å². The third-order valence-electron chi connectivity index (χ3n) is 4.43. The SMILES string of the molecule is C=CCc1c(C)nc(N)nc1N1CCC[C@@H](OCc2ccccn2)C1. The molecule has 1 aliphatic heterocycles. The molecule has 1 atom stereocenters. The third-order valence-corrected chi connectivity index (χ3v) is 4.43. The first-order valence-electron chi connectivity index (χ1n) is 8.67. The second kappa shape index (κ2) is 8.07. The first-order chi connectivity index (χ1) is 12.2. The smallest absolute Gasteiger partial charge is 0.222 e. The number of ether oxygens (including phenoxy) is 1. The van der Waals surface area contributed by atoms with Gasteiger partial charge in [-0.3, -0.25) is 4.98 Å². The lowest BCUT2D eigenvalue weighted by atomic mass is 10.1. The number of anilines is 2. The maximum atomic E-state index is 6.08. The number of pyridine rings is 1. The van der Waals surface area contributed by atoms with Crippen molar-refractivity contribution < 1.29 is 4.74 Å². The van der Waals surface area contributed by atoms with Crippen LogP contribution < -0.4 is 10.6 Å². The standard InChI is InChI=1S/C19H25N5O/c1-3-7-17-14(2)22-19(20)23-18(17)24-11-6-9-16(12-24)25-13-15-8-4-5-10-21-15/h3-5,8,10,16H,1,6-7,9,11-13H2,2H3,(H2,20,22,23)/t16-/m1/s1. The van der Waals surface area contributed by atoms with Gasteiger partial charge in [-0.2, -0.15) is 4.98 Å². The first-order valence-corrected chi connectivity index (χ1v) is 8.67. The predicted octanol–water partition coefficient (Wildman–Crippen LogP) is 2.68. The molecule has 0 spiro atoms. The van der Waals surface area contributed by atoms with Crippen LogP contribution in [0.5, 0.6) is 0 Å². The van der Waals surface area contributed by atoms with Crippen LogP contribution >= 0.6 is 0 Å². The largest absolute Gasteiger partial charge is 0.370 e. The summed E-state index contributed by atoms with van der Waals surface area (Å²) >= 11 is 0. The molecule has 2 aromatic heterocycles. The minimum atomic E-state index is 0.156. The van der Waals surface area contributed by atoms with Crippen LogP contribution in [-0.4, -0.2) is 34.1 Å². The summed E-state index contributed by atoms with van der Waals surface area (Å²) in [5.41, 5.74) is 8.85. The molecule has 1 fully saturated rings. The number of nitrogens with zero attached hydrogens (tertiary/aromatic N) is 4. The van der Waals surface area contributed by atoms with Crippen LogP contribution in [0.4, 0.5) is 11.8 Å². The van der Waals surface area contributed by atoms with Gasteiger partial charge in [0.15, 0.2) is 0 Å². The van der Waals surface area contributed by atoms with E-state index in [2.05, 4.69) is 26.4 Å². The molecule has 6 nitrogen and oxygen atoms in total. The maximum absolute atomic E-state index is 6.08. The van der Waals surface area contributed by atoms with Crippen molar-refractivity contribution in [2.75, 3.05) is 23.7 Å². The summed E-state index contributed by atoms with van der Waals surface area (Å²) in [6.45, 7) is 8.10. The average Bonchev–Trinajstić information content (AvgIpc) is 2.63. The lowest BCUT2D eigenvalue weighted by molar-refractivity contribution is 0.0297. The van der Waals surface area contributed by atoms with Gasteiger partial charge >= 0.3 is 0 Å². The highest BCUT2D eigenvalue weighted by molar-refractivity contribution is 5.53. The summed E-state index contributed by atoms with van der Waals surface area (Å²) in [5, 5.41) is 0. The fourth-order valence-corrected chi connectivity index (χ4v) is 3.20. The zero-order valence-electron chi connectivity index (χ0n) is 14.7. The molecule has 3 rings (SSSR count). The van der Waals surface area contributed by atoms with Gasteiger partial charge in [-0.05, 0) is 38.3 Å². The van der Waals surface area contributed by atoms with Crippen molar-refractivity contribution in [2.24, 2.45) is 0 Å². The maximum Gasteiger partial charge on any atom is 0.222 e. The number of nitrogen functional groups attached to an aromatic ring is 1. The zero-order valence-corrected chi connectivity index (χ0v) is 14.7. The fraction of sp³-hybridized carbons (Fsp3) is 0.421. The Kier molecular flexibility index (Phi) is 5.60. The molecule has 132 valence electrons. The molecule has 0 aliphatic carbocycles. The van der Waals surface area contributed by atoms with Gasteiger partial charge in [0.05, 0.1) is 18.4 Å². The number of hydrogen-bond acceptors (Lipinski definition) is 6. The van der Waals surface area contributed by atoms with Crippen LogP contribution in [0.15, 0.2) is 37.1 Å². The minimum Gasteiger partial charge on any atom is -0.370 e. The Bertz CT molecular complexity index is 719. The molecule has 0 saturated carbocycles. The third kappa shape index (κ3) is 4.33. The summed E-state index contributed by atoms with van der Waals surface area (Å²) in [7, 11) is 0. The molecule has 0 bridgehead atoms. The Hall–Kier alpha value is -2.47. The number of aromatic nitrogens is 3. The van der Waals surface area contributed by atoms with Gasteiger partial charge in [-0.15, -0.1) is 6.58 Å². The Morgan fingerprint density at radius 2 is 2.28 bits per heavy atom. The van der Waals surface area contributed by atoms with Gasteiger partial charge in [0.25, 0.3) is 0 Å². The van der Waals surface area contributed by atoms with Crippen molar-refractivity contribution in [3.63, 3.8) is 0 Å². The lowest BCUT2D eigenvalue weighted by Gasteiger charge is -2.34. The molecule has 0 aromatic carbocycles. The monoisotopic (exact) mass is 339 g/mol. The van der Waals surface area contributed by atoms with Crippen LogP contribution in [-0.2, 0) is 17.8 Å². The van der Waals surface area contributed by atoms with E-state index in [1.807, 2.05) is 31.2 Å². The molecular weight excluding hydrogens is 314 g/mol. The molecule has 0 radical (unpaired) electrons. The highest BCUT2D eigenvalue weighted by Gasteiger charge is 2.24. The van der Waals surface area contributed by atoms with Crippen molar-refractivity contribution in [3.05, 3.63) is 54.0 Å². The van der Waals surface area contributed by atoms with Crippen LogP contribution in [0, 0.1) is 6.92 Å². The van der Waals surface area contributed by atoms with Crippen molar-refractivity contribution in [3.8, 4) is 0 Å². The number of piperidine rings is 1. The zero-order chi connectivity index (χ0) is 17.6. The van der Waals surface area contributed by atoms with Crippen molar-refractivity contribution in [1.29, 1.82) is 0 Å². The molecule has 0 unspecified atom stereocenters. The number of aryl methyl sites for hydroxylation is 1. The quantitative estimate of drug-likeness (QED) is 0.815. The van der Waals surface area contributed by atoms with E-state index in [0.29, 0.717) is 12.6 Å². The topological polar surface area (TPSA) is 77.2 Å². The molecule has 6 heteroatoms. The fourth-order valence-electron chi connectivity index (χ4n) is 3.20. The van der Waals surface area contributed by atoms with Crippen molar-refractivity contribution in [1.82, 2.24) is 15.0 Å². The van der Waals surface area contributed by atoms with Gasteiger partial charge in [-0.1, -0.05) is 12.1 Å². The summed E-state index contributed by atoms with van der Waals surface area (Å²) < 4.78 is 6.08. The summed E-state index contributed by atoms with van der Waals surface area (Å²) in [5.74, 6) is 1.23. The summed E-state index contributed by atoms with van der Waals surface area (Å²) in [6.07, 6.45) is 6.66. The van der Waals surface area contributed by atoms with E-state index < -0.39 is 0 Å². The highest BCUT2D eigenvalue weighted by Crippen LogP contribution is 2.26. The second-order valence-corrected chi connectivity index (χ2v) is 6.30. The Morgan fingerprint density at radius 3 is 3.04 bits per heavy atom. The molecule has 2 N–H and O–H groups in total. The molecule has 0 amide bonds. The Morgan fingerprint density at radius 1 is 1.40 bits per heavy atom. The van der Waals surface area contributed by atoms with E-state index >= 15 is 0 Å². The predicted molar refractivity (Wildman–Crippen MR) is 99.3 cm³/mol. The van der Waals surface area contributed by atoms with E-state index in [9.17, 15) is 0 Å². The van der Waals surface area contributed by atoms with E-state index in [1.54, 1.807) is 6.20 Å². The molecule has 3 heterocycles. The number of allylic oxidation sites excluding steroid dienone is 1. The van der Waals surface area contributed by atoms with Crippen LogP contribution in [0.1, 0.15) is 29.8 Å². The minimum absolute atomic E-state index is 0.156. The Labute approximate surface area is 148 Å². The highest BCUT2D eigenvalue weighted by atomic mass is 16.5. The summed E-state index contributed by atoms with van der Waals surface area (Å²) in [6, 6.07) is 5.87. The van der Waals surface area contributed by atoms with Crippen molar-refractivity contribution >= 4 is 11.8 Å². The van der Waals surface area contributed by atoms with Crippen LogP contribution in [0.3, 0.4) is 0 Å². The average molecular weight is 339 g/mol. The molecule has 1 aliphatic rings. The lowest BCUT2D eigenvalue weighted by Crippen LogP contribution is -2.41. The number of rotatable bonds is 6. The number of hydrogen-bond donors (Lipinski definition) is 1. The summed E-state index contributed by atoms with van der Waals surface area (Å²) in [4.78, 5) is 15.4. The first kappa shape index (κ1) is 17.4. The molecule has 1 saturated heterocycles. The van der Waals surface area contributed by atoms with E-state index in [1.165, 1.54) is 0 Å². The molecular formula is C19H25N5O. The molecule has 2 aromatic rings. The van der Waals surface area contributed by atoms with Crippen molar-refractivity contribution in [2.45, 2.75) is 38.9 Å². The van der Waals surface area contributed by atoms with E-state index in [4.69, 9.17) is 10.5 Å². The van der Waals surface area contributed by atoms with Gasteiger partial charge in [-0.25, -0.2) is 4.98 Å². The normalized spacial score (nSPS) is 17.5. The van der Waals surface area contributed by atoms with Gasteiger partial charge in [0, 0.05) is 30.5 Å². The van der Waals surface area contributed by atoms with E-state index in [-0.39, 0.29) is 6.10 Å². The van der Waals surface area contributed by atoms with Gasteiger partial charge < -0.3 is 15.4 Å². The molecule has 25 heavy (non-hydrogen) atoms. The van der Waals surface area contributed by atoms with Crippen LogP contribution in [0.2, 0.25) is 0 Å². The number of nitrogens with two attached hydrogens (primary N) is 1. The second-order valence-electron chi connectivity index (χ2n) is 6.30. The van der Waals surface area contributed by atoms with Crippen LogP contribution in [0.25, 0.3) is 0 Å².